The second kappa shape index (κ2) is 7.73. The second-order valence-corrected chi connectivity index (χ2v) is 8.73. The van der Waals surface area contributed by atoms with Gasteiger partial charge in [0.25, 0.3) is 5.91 Å². The van der Waals surface area contributed by atoms with Gasteiger partial charge in [0.2, 0.25) is 0 Å². The predicted molar refractivity (Wildman–Crippen MR) is 109 cm³/mol. The van der Waals surface area contributed by atoms with Gasteiger partial charge in [-0.3, -0.25) is 9.69 Å². The summed E-state index contributed by atoms with van der Waals surface area (Å²) in [5.74, 6) is -0.0569. The molecule has 2 aromatic heterocycles. The number of nitrogens with two attached hydrogens (primary N) is 1. The Morgan fingerprint density at radius 3 is 2.78 bits per heavy atom. The van der Waals surface area contributed by atoms with E-state index >= 15 is 0 Å². The Bertz CT molecular complexity index is 829. The molecule has 0 aromatic carbocycles. The Morgan fingerprint density at radius 2 is 2.04 bits per heavy atom. The zero-order valence-corrected chi connectivity index (χ0v) is 16.9. The molecule has 4 heterocycles. The molecule has 2 aliphatic rings. The van der Waals surface area contributed by atoms with Crippen molar-refractivity contribution in [3.63, 3.8) is 0 Å². The molecule has 146 valence electrons. The largest absolute Gasteiger partial charge is 0.397 e. The summed E-state index contributed by atoms with van der Waals surface area (Å²) in [6.07, 6.45) is 5.84. The quantitative estimate of drug-likeness (QED) is 0.874. The van der Waals surface area contributed by atoms with E-state index in [-0.39, 0.29) is 5.91 Å². The third kappa shape index (κ3) is 3.56. The van der Waals surface area contributed by atoms with Crippen molar-refractivity contribution in [2.45, 2.75) is 44.2 Å². The summed E-state index contributed by atoms with van der Waals surface area (Å²) in [7, 11) is 3.50. The normalized spacial score (nSPS) is 22.2. The number of aromatic nitrogens is 1. The van der Waals surface area contributed by atoms with Crippen LogP contribution in [-0.4, -0.2) is 60.6 Å². The molecule has 7 heteroatoms. The maximum atomic E-state index is 12.4. The number of thiophene rings is 1. The number of likely N-dealkylation sites (tertiary alicyclic amines) is 1. The van der Waals surface area contributed by atoms with Gasteiger partial charge in [-0.25, -0.2) is 4.98 Å². The monoisotopic (exact) mass is 388 g/mol. The van der Waals surface area contributed by atoms with Gasteiger partial charge < -0.3 is 15.4 Å². The fraction of sp³-hybridized carbons (Fsp3) is 0.600. The van der Waals surface area contributed by atoms with Gasteiger partial charge in [0.1, 0.15) is 9.71 Å². The zero-order valence-electron chi connectivity index (χ0n) is 16.1. The predicted octanol–water partition coefficient (Wildman–Crippen LogP) is 3.29. The lowest BCUT2D eigenvalue weighted by Gasteiger charge is -2.42. The van der Waals surface area contributed by atoms with Crippen LogP contribution in [0.25, 0.3) is 10.2 Å². The van der Waals surface area contributed by atoms with Crippen molar-refractivity contribution in [2.24, 2.45) is 0 Å². The fourth-order valence-corrected chi connectivity index (χ4v) is 5.41. The van der Waals surface area contributed by atoms with Crippen LogP contribution in [0, 0.1) is 0 Å². The summed E-state index contributed by atoms with van der Waals surface area (Å²) in [5, 5.41) is 0.891. The third-order valence-electron chi connectivity index (χ3n) is 5.76. The summed E-state index contributed by atoms with van der Waals surface area (Å²) in [4.78, 5) is 23.0. The molecule has 4 rings (SSSR count). The van der Waals surface area contributed by atoms with Gasteiger partial charge in [-0.05, 0) is 44.4 Å². The number of anilines is 1. The maximum Gasteiger partial charge on any atom is 0.265 e. The van der Waals surface area contributed by atoms with E-state index in [1.54, 1.807) is 19.0 Å². The van der Waals surface area contributed by atoms with Crippen molar-refractivity contribution in [2.75, 3.05) is 39.6 Å². The lowest BCUT2D eigenvalue weighted by atomic mass is 9.94. The molecule has 2 N–H and O–H groups in total. The first-order valence-electron chi connectivity index (χ1n) is 9.80. The van der Waals surface area contributed by atoms with E-state index in [1.165, 1.54) is 24.2 Å². The van der Waals surface area contributed by atoms with Crippen LogP contribution in [0.3, 0.4) is 0 Å². The van der Waals surface area contributed by atoms with E-state index in [2.05, 4.69) is 11.0 Å². The molecule has 27 heavy (non-hydrogen) atoms. The fourth-order valence-electron chi connectivity index (χ4n) is 4.28. The van der Waals surface area contributed by atoms with E-state index in [0.29, 0.717) is 22.6 Å². The van der Waals surface area contributed by atoms with Crippen LogP contribution in [0.4, 0.5) is 5.69 Å². The average Bonchev–Trinajstić information content (AvgIpc) is 3.04. The molecule has 2 aromatic rings. The number of nitrogens with zero attached hydrogens (tertiary/aromatic N) is 3. The van der Waals surface area contributed by atoms with Gasteiger partial charge in [-0.15, -0.1) is 11.3 Å². The molecule has 1 amide bonds. The summed E-state index contributed by atoms with van der Waals surface area (Å²) >= 11 is 1.41. The van der Waals surface area contributed by atoms with Crippen LogP contribution < -0.4 is 5.73 Å². The number of carbonyl (C=O) groups excluding carboxylic acids is 1. The lowest BCUT2D eigenvalue weighted by Crippen LogP contribution is -2.44. The highest BCUT2D eigenvalue weighted by molar-refractivity contribution is 7.21. The zero-order chi connectivity index (χ0) is 19.0. The maximum absolute atomic E-state index is 12.4. The molecule has 2 fully saturated rings. The lowest BCUT2D eigenvalue weighted by molar-refractivity contribution is 0.00324. The second-order valence-electron chi connectivity index (χ2n) is 7.73. The number of piperidine rings is 1. The Balaban J connectivity index is 1.66. The van der Waals surface area contributed by atoms with Crippen molar-refractivity contribution in [1.29, 1.82) is 0 Å². The van der Waals surface area contributed by atoms with Gasteiger partial charge >= 0.3 is 0 Å². The summed E-state index contributed by atoms with van der Waals surface area (Å²) in [6.45, 7) is 2.85. The van der Waals surface area contributed by atoms with Crippen molar-refractivity contribution in [3.05, 3.63) is 22.7 Å². The van der Waals surface area contributed by atoms with Gasteiger partial charge in [-0.1, -0.05) is 6.42 Å². The molecule has 2 aliphatic heterocycles. The number of rotatable bonds is 3. The highest BCUT2D eigenvalue weighted by Crippen LogP contribution is 2.38. The number of hydrogen-bond donors (Lipinski definition) is 1. The molecule has 0 spiro atoms. The number of carbonyl (C=O) groups is 1. The molecule has 0 saturated carbocycles. The van der Waals surface area contributed by atoms with Crippen LogP contribution in [0.1, 0.15) is 53.5 Å². The number of nitrogen functional groups attached to an aromatic ring is 1. The summed E-state index contributed by atoms with van der Waals surface area (Å²) < 4.78 is 5.56. The van der Waals surface area contributed by atoms with Crippen molar-refractivity contribution < 1.29 is 9.53 Å². The first kappa shape index (κ1) is 18.7. The standard InChI is InChI=1S/C20H28N4O2S/c1-23(2)20(25)18-17(21)14-6-7-15(22-19(14)27-18)16-5-3-4-10-24(16)13-8-11-26-12-9-13/h6-7,13,16H,3-5,8-12,21H2,1-2H3/t16-/m0/s1. The molecule has 0 unspecified atom stereocenters. The highest BCUT2D eigenvalue weighted by Gasteiger charge is 2.32. The van der Waals surface area contributed by atoms with E-state index in [1.807, 2.05) is 6.07 Å². The molecular weight excluding hydrogens is 360 g/mol. The number of fused-ring (bicyclic) bond motifs is 1. The minimum absolute atomic E-state index is 0.0569. The first-order valence-corrected chi connectivity index (χ1v) is 10.6. The topological polar surface area (TPSA) is 71.7 Å². The van der Waals surface area contributed by atoms with E-state index in [4.69, 9.17) is 15.5 Å². The number of hydrogen-bond acceptors (Lipinski definition) is 6. The minimum Gasteiger partial charge on any atom is -0.397 e. The third-order valence-corrected chi connectivity index (χ3v) is 6.86. The van der Waals surface area contributed by atoms with Gasteiger partial charge in [-0.2, -0.15) is 0 Å². The van der Waals surface area contributed by atoms with Crippen molar-refractivity contribution in [1.82, 2.24) is 14.8 Å². The Kier molecular flexibility index (Phi) is 5.34. The van der Waals surface area contributed by atoms with E-state index in [9.17, 15) is 4.79 Å². The first-order chi connectivity index (χ1) is 13.1. The van der Waals surface area contributed by atoms with Gasteiger partial charge in [0.15, 0.2) is 0 Å². The Labute approximate surface area is 164 Å². The molecule has 0 bridgehead atoms. The molecule has 0 radical (unpaired) electrons. The van der Waals surface area contributed by atoms with Crippen molar-refractivity contribution >= 4 is 33.1 Å². The Hall–Kier alpha value is -1.70. The Morgan fingerprint density at radius 1 is 1.26 bits per heavy atom. The molecule has 6 nitrogen and oxygen atoms in total. The van der Waals surface area contributed by atoms with Crippen LogP contribution in [0.5, 0.6) is 0 Å². The number of amides is 1. The summed E-state index contributed by atoms with van der Waals surface area (Å²) in [6, 6.07) is 5.09. The van der Waals surface area contributed by atoms with E-state index in [0.717, 1.165) is 54.9 Å². The number of ether oxygens (including phenoxy) is 1. The van der Waals surface area contributed by atoms with Crippen LogP contribution in [0.2, 0.25) is 0 Å². The minimum atomic E-state index is -0.0569. The van der Waals surface area contributed by atoms with Crippen molar-refractivity contribution in [3.8, 4) is 0 Å². The summed E-state index contributed by atoms with van der Waals surface area (Å²) in [5.41, 5.74) is 7.91. The number of pyridine rings is 1. The molecular formula is C20H28N4O2S. The molecule has 1 atom stereocenters. The van der Waals surface area contributed by atoms with Crippen LogP contribution in [0.15, 0.2) is 12.1 Å². The van der Waals surface area contributed by atoms with Crippen LogP contribution >= 0.6 is 11.3 Å². The molecule has 0 aliphatic carbocycles. The average molecular weight is 389 g/mol. The van der Waals surface area contributed by atoms with Crippen LogP contribution in [-0.2, 0) is 4.74 Å². The highest BCUT2D eigenvalue weighted by atomic mass is 32.1. The molecule has 2 saturated heterocycles. The van der Waals surface area contributed by atoms with Gasteiger partial charge in [0, 0.05) is 38.7 Å². The smallest absolute Gasteiger partial charge is 0.265 e. The van der Waals surface area contributed by atoms with Gasteiger partial charge in [0.05, 0.1) is 17.4 Å². The SMILES string of the molecule is CN(C)C(=O)c1sc2nc([C@@H]3CCCCN3C3CCOCC3)ccc2c1N. The van der Waals surface area contributed by atoms with E-state index < -0.39 is 0 Å².